The molecule has 2 aliphatic rings. The van der Waals surface area contributed by atoms with E-state index in [0.29, 0.717) is 29.8 Å². The third kappa shape index (κ3) is 7.63. The van der Waals surface area contributed by atoms with E-state index in [0.717, 1.165) is 35.3 Å². The lowest BCUT2D eigenvalue weighted by atomic mass is 9.98. The highest BCUT2D eigenvalue weighted by Gasteiger charge is 2.33. The molecule has 1 aromatic carbocycles. The van der Waals surface area contributed by atoms with Crippen LogP contribution in [0, 0.1) is 19.8 Å². The van der Waals surface area contributed by atoms with Gasteiger partial charge in [-0.2, -0.15) is 5.10 Å². The average molecular weight is 548 g/mol. The number of unbranched alkanes of at least 4 members (excludes halogenated alkanes) is 1. The number of hydrogen-bond acceptors (Lipinski definition) is 7. The first-order valence-electron chi connectivity index (χ1n) is 12.6. The number of nitrogens with zero attached hydrogens (tertiary/aromatic N) is 2. The first kappa shape index (κ1) is 29.3. The number of benzene rings is 1. The fourth-order valence-electron chi connectivity index (χ4n) is 4.30. The zero-order valence-corrected chi connectivity index (χ0v) is 23.9. The molecule has 0 bridgehead atoms. The Balaban J connectivity index is 1.73. The molecule has 3 unspecified atom stereocenters. The average Bonchev–Trinajstić information content (AvgIpc) is 3.20. The SMILES string of the molecule is C=C(S/C(=N\N)c1cc(C)c(OCC2COC(C)(C)O2)c(C)c1)N(CCCC)C(=O)C1C=CC=CC1Cl. The number of carbonyl (C=O) groups excluding carboxylic acids is 1. The number of carbonyl (C=O) groups is 1. The zero-order chi connectivity index (χ0) is 27.2. The second-order valence-corrected chi connectivity index (χ2v) is 11.3. The number of allylic oxidation sites excluding steroid dienone is 3. The minimum absolute atomic E-state index is 0.0830. The third-order valence-electron chi connectivity index (χ3n) is 6.17. The Hall–Kier alpha value is -2.26. The number of thioether (sulfide) groups is 1. The number of ether oxygens (including phenoxy) is 3. The van der Waals surface area contributed by atoms with Crippen LogP contribution < -0.4 is 10.6 Å². The fraction of sp³-hybridized carbons (Fsp3) is 0.500. The Labute approximate surface area is 229 Å². The van der Waals surface area contributed by atoms with Gasteiger partial charge >= 0.3 is 0 Å². The molecule has 0 spiro atoms. The summed E-state index contributed by atoms with van der Waals surface area (Å²) in [6, 6.07) is 3.96. The maximum Gasteiger partial charge on any atom is 0.236 e. The van der Waals surface area contributed by atoms with Crippen molar-refractivity contribution >= 4 is 34.3 Å². The van der Waals surface area contributed by atoms with Gasteiger partial charge in [0.15, 0.2) is 5.79 Å². The van der Waals surface area contributed by atoms with Crippen molar-refractivity contribution in [2.75, 3.05) is 19.8 Å². The second-order valence-electron chi connectivity index (χ2n) is 9.71. The van der Waals surface area contributed by atoms with Gasteiger partial charge in [0.2, 0.25) is 5.91 Å². The van der Waals surface area contributed by atoms with Gasteiger partial charge in [0.1, 0.15) is 23.5 Å². The Morgan fingerprint density at radius 2 is 1.97 bits per heavy atom. The molecule has 3 rings (SSSR count). The molecule has 3 atom stereocenters. The predicted octanol–water partition coefficient (Wildman–Crippen LogP) is 5.64. The van der Waals surface area contributed by atoms with Crippen LogP contribution in [-0.2, 0) is 14.3 Å². The zero-order valence-electron chi connectivity index (χ0n) is 22.3. The van der Waals surface area contributed by atoms with E-state index in [9.17, 15) is 4.79 Å². The number of rotatable bonds is 10. The Bertz CT molecular complexity index is 1060. The summed E-state index contributed by atoms with van der Waals surface area (Å²) in [4.78, 5) is 15.1. The molecule has 1 fully saturated rings. The minimum Gasteiger partial charge on any atom is -0.490 e. The van der Waals surface area contributed by atoms with Crippen LogP contribution in [0.25, 0.3) is 0 Å². The molecule has 1 aromatic rings. The Morgan fingerprint density at radius 3 is 2.54 bits per heavy atom. The number of amides is 1. The molecular formula is C28H38ClN3O4S. The first-order chi connectivity index (χ1) is 17.6. The highest BCUT2D eigenvalue weighted by Crippen LogP contribution is 2.32. The quantitative estimate of drug-likeness (QED) is 0.134. The van der Waals surface area contributed by atoms with Crippen LogP contribution in [0.5, 0.6) is 5.75 Å². The van der Waals surface area contributed by atoms with E-state index in [1.807, 2.05) is 64.1 Å². The standard InChI is InChI=1S/C28H38ClN3O4S/c1-7-8-13-32(27(33)23-11-9-10-12-24(23)29)20(4)37-26(31-30)21-14-18(2)25(19(3)15-21)34-16-22-17-35-28(5,6)36-22/h9-12,14-15,22-24H,4,7-8,13,16-17,30H2,1-3,5-6H3/b31-26-. The molecular weight excluding hydrogens is 510 g/mol. The molecule has 37 heavy (non-hydrogen) atoms. The summed E-state index contributed by atoms with van der Waals surface area (Å²) in [7, 11) is 0. The van der Waals surface area contributed by atoms with E-state index in [1.54, 1.807) is 4.90 Å². The van der Waals surface area contributed by atoms with Gasteiger partial charge in [-0.05, 0) is 57.4 Å². The monoisotopic (exact) mass is 547 g/mol. The van der Waals surface area contributed by atoms with Crippen molar-refractivity contribution in [3.05, 3.63) is 64.7 Å². The number of alkyl halides is 1. The lowest BCUT2D eigenvalue weighted by molar-refractivity contribution is -0.141. The fourth-order valence-corrected chi connectivity index (χ4v) is 5.38. The van der Waals surface area contributed by atoms with Crippen molar-refractivity contribution in [3.63, 3.8) is 0 Å². The molecule has 1 aliphatic carbocycles. The first-order valence-corrected chi connectivity index (χ1v) is 13.8. The van der Waals surface area contributed by atoms with Crippen LogP contribution >= 0.6 is 23.4 Å². The molecule has 202 valence electrons. The lowest BCUT2D eigenvalue weighted by Gasteiger charge is -2.29. The van der Waals surface area contributed by atoms with E-state index in [-0.39, 0.29) is 12.0 Å². The van der Waals surface area contributed by atoms with Gasteiger partial charge in [-0.15, -0.1) is 11.6 Å². The normalized spacial score (nSPS) is 22.8. The molecule has 9 heteroatoms. The van der Waals surface area contributed by atoms with Crippen molar-refractivity contribution in [2.24, 2.45) is 16.9 Å². The summed E-state index contributed by atoms with van der Waals surface area (Å²) in [5.74, 6) is 5.50. The summed E-state index contributed by atoms with van der Waals surface area (Å²) < 4.78 is 17.6. The van der Waals surface area contributed by atoms with Gasteiger partial charge in [0, 0.05) is 12.1 Å². The van der Waals surface area contributed by atoms with Crippen LogP contribution in [0.3, 0.4) is 0 Å². The smallest absolute Gasteiger partial charge is 0.236 e. The van der Waals surface area contributed by atoms with E-state index < -0.39 is 17.1 Å². The number of hydrogen-bond donors (Lipinski definition) is 1. The van der Waals surface area contributed by atoms with Gasteiger partial charge in [-0.1, -0.05) is 56.0 Å². The highest BCUT2D eigenvalue weighted by molar-refractivity contribution is 8.17. The van der Waals surface area contributed by atoms with Gasteiger partial charge in [-0.25, -0.2) is 0 Å². The summed E-state index contributed by atoms with van der Waals surface area (Å²) >= 11 is 7.71. The van der Waals surface area contributed by atoms with Crippen molar-refractivity contribution < 1.29 is 19.0 Å². The largest absolute Gasteiger partial charge is 0.490 e. The van der Waals surface area contributed by atoms with Crippen molar-refractivity contribution in [1.29, 1.82) is 0 Å². The van der Waals surface area contributed by atoms with E-state index in [4.69, 9.17) is 31.7 Å². The minimum atomic E-state index is -0.588. The van der Waals surface area contributed by atoms with Gasteiger partial charge in [0.05, 0.1) is 22.9 Å². The Morgan fingerprint density at radius 1 is 1.30 bits per heavy atom. The van der Waals surface area contributed by atoms with E-state index in [1.165, 1.54) is 11.8 Å². The number of nitrogens with two attached hydrogens (primary N) is 1. The van der Waals surface area contributed by atoms with Gasteiger partial charge in [-0.3, -0.25) is 4.79 Å². The van der Waals surface area contributed by atoms with E-state index in [2.05, 4.69) is 18.6 Å². The maximum atomic E-state index is 13.4. The van der Waals surface area contributed by atoms with Crippen LogP contribution in [0.15, 0.2) is 53.1 Å². The maximum absolute atomic E-state index is 13.4. The van der Waals surface area contributed by atoms with Crippen molar-refractivity contribution in [3.8, 4) is 5.75 Å². The molecule has 1 aliphatic heterocycles. The molecule has 0 saturated carbocycles. The number of aryl methyl sites for hydroxylation is 2. The van der Waals surface area contributed by atoms with Crippen LogP contribution in [-0.4, -0.2) is 52.9 Å². The third-order valence-corrected chi connectivity index (χ3v) is 7.58. The second kappa shape index (κ2) is 13.0. The number of halogens is 1. The van der Waals surface area contributed by atoms with Gasteiger partial charge < -0.3 is 25.0 Å². The molecule has 7 nitrogen and oxygen atoms in total. The molecule has 1 amide bonds. The highest BCUT2D eigenvalue weighted by atomic mass is 35.5. The summed E-state index contributed by atoms with van der Waals surface area (Å²) in [5.41, 5.74) is 2.73. The van der Waals surface area contributed by atoms with Crippen LogP contribution in [0.2, 0.25) is 0 Å². The van der Waals surface area contributed by atoms with Crippen molar-refractivity contribution in [1.82, 2.24) is 4.90 Å². The topological polar surface area (TPSA) is 86.4 Å². The lowest BCUT2D eigenvalue weighted by Crippen LogP contribution is -2.38. The summed E-state index contributed by atoms with van der Waals surface area (Å²) in [6.45, 7) is 15.5. The molecule has 1 heterocycles. The molecule has 2 N–H and O–H groups in total. The van der Waals surface area contributed by atoms with Gasteiger partial charge in [0.25, 0.3) is 0 Å². The van der Waals surface area contributed by atoms with Crippen LogP contribution in [0.1, 0.15) is 50.3 Å². The van der Waals surface area contributed by atoms with Crippen molar-refractivity contribution in [2.45, 2.75) is 64.7 Å². The summed E-state index contributed by atoms with van der Waals surface area (Å²) in [5, 5.41) is 4.76. The van der Waals surface area contributed by atoms with E-state index >= 15 is 0 Å². The predicted molar refractivity (Wildman–Crippen MR) is 152 cm³/mol. The molecule has 0 radical (unpaired) electrons. The molecule has 1 saturated heterocycles. The summed E-state index contributed by atoms with van der Waals surface area (Å²) in [6.07, 6.45) is 9.04. The van der Waals surface area contributed by atoms with Crippen LogP contribution in [0.4, 0.5) is 0 Å². The molecule has 0 aromatic heterocycles. The Kier molecular flexibility index (Phi) is 10.3. The number of hydrazone groups is 1.